The third-order valence-electron chi connectivity index (χ3n) is 5.87. The molecule has 5 nitrogen and oxygen atoms in total. The van der Waals surface area contributed by atoms with Crippen LogP contribution in [0.5, 0.6) is 0 Å². The van der Waals surface area contributed by atoms with Crippen molar-refractivity contribution in [2.45, 2.75) is 25.4 Å². The molecule has 1 fully saturated rings. The average Bonchev–Trinajstić information content (AvgIpc) is 3.18. The van der Waals surface area contributed by atoms with Crippen molar-refractivity contribution in [2.75, 3.05) is 18.4 Å². The standard InChI is InChI=1S/C24H22BrCl2N5/c25-19-14-28-32-23(13-22(30-24(19)32)18-6-2-4-8-21(18)27)29-17-9-11-31(12-10-17)15-16-5-1-3-7-20(16)26/h1-8,13-14,17,29H,9-12,15H2. The van der Waals surface area contributed by atoms with Gasteiger partial charge in [0.1, 0.15) is 5.82 Å². The number of nitrogens with one attached hydrogen (secondary N) is 1. The second-order valence-corrected chi connectivity index (χ2v) is 9.69. The normalized spacial score (nSPS) is 15.3. The van der Waals surface area contributed by atoms with Gasteiger partial charge in [-0.05, 0) is 46.5 Å². The van der Waals surface area contributed by atoms with E-state index in [0.29, 0.717) is 11.1 Å². The maximum Gasteiger partial charge on any atom is 0.172 e. The van der Waals surface area contributed by atoms with E-state index in [2.05, 4.69) is 37.3 Å². The fourth-order valence-corrected chi connectivity index (χ4v) is 4.93. The van der Waals surface area contributed by atoms with E-state index in [1.54, 1.807) is 6.20 Å². The SMILES string of the molecule is Clc1ccccc1CN1CCC(Nc2cc(-c3ccccc3Cl)nc3c(Br)cnn23)CC1. The van der Waals surface area contributed by atoms with Crippen LogP contribution in [-0.4, -0.2) is 38.6 Å². The van der Waals surface area contributed by atoms with Gasteiger partial charge in [-0.3, -0.25) is 4.90 Å². The number of aromatic nitrogens is 3. The van der Waals surface area contributed by atoms with Crippen LogP contribution in [0.2, 0.25) is 10.0 Å². The van der Waals surface area contributed by atoms with Gasteiger partial charge in [0.05, 0.1) is 16.4 Å². The highest BCUT2D eigenvalue weighted by atomic mass is 79.9. The van der Waals surface area contributed by atoms with Crippen LogP contribution < -0.4 is 5.32 Å². The Morgan fingerprint density at radius 3 is 2.47 bits per heavy atom. The van der Waals surface area contributed by atoms with E-state index in [1.165, 1.54) is 5.56 Å². The Hall–Kier alpha value is -2.12. The summed E-state index contributed by atoms with van der Waals surface area (Å²) in [7, 11) is 0. The molecule has 1 aliphatic rings. The number of hydrogen-bond acceptors (Lipinski definition) is 4. The molecule has 0 spiro atoms. The average molecular weight is 531 g/mol. The van der Waals surface area contributed by atoms with Gasteiger partial charge in [-0.1, -0.05) is 59.6 Å². The first-order valence-corrected chi connectivity index (χ1v) is 12.1. The van der Waals surface area contributed by atoms with E-state index in [0.717, 1.165) is 64.7 Å². The third-order valence-corrected chi connectivity index (χ3v) is 7.13. The van der Waals surface area contributed by atoms with E-state index in [1.807, 2.05) is 53.0 Å². The minimum Gasteiger partial charge on any atom is -0.367 e. The lowest BCUT2D eigenvalue weighted by Gasteiger charge is -2.33. The van der Waals surface area contributed by atoms with Crippen molar-refractivity contribution in [3.05, 3.63) is 80.9 Å². The van der Waals surface area contributed by atoms with Gasteiger partial charge in [0.2, 0.25) is 0 Å². The summed E-state index contributed by atoms with van der Waals surface area (Å²) in [4.78, 5) is 7.25. The monoisotopic (exact) mass is 529 g/mol. The number of anilines is 1. The molecule has 0 atom stereocenters. The number of rotatable bonds is 5. The van der Waals surface area contributed by atoms with Crippen LogP contribution >= 0.6 is 39.1 Å². The van der Waals surface area contributed by atoms with Crippen molar-refractivity contribution >= 4 is 50.6 Å². The number of likely N-dealkylation sites (tertiary alicyclic amines) is 1. The van der Waals surface area contributed by atoms with Crippen LogP contribution in [0.1, 0.15) is 18.4 Å². The largest absolute Gasteiger partial charge is 0.367 e. The van der Waals surface area contributed by atoms with Crippen molar-refractivity contribution in [1.82, 2.24) is 19.5 Å². The second-order valence-electron chi connectivity index (χ2n) is 8.02. The second kappa shape index (κ2) is 9.40. The molecule has 1 N–H and O–H groups in total. The van der Waals surface area contributed by atoms with E-state index in [-0.39, 0.29) is 0 Å². The zero-order valence-corrected chi connectivity index (χ0v) is 20.4. The number of hydrogen-bond donors (Lipinski definition) is 1. The number of nitrogens with zero attached hydrogens (tertiary/aromatic N) is 4. The zero-order chi connectivity index (χ0) is 22.1. The summed E-state index contributed by atoms with van der Waals surface area (Å²) >= 11 is 16.4. The van der Waals surface area contributed by atoms with Gasteiger partial charge in [0.25, 0.3) is 0 Å². The van der Waals surface area contributed by atoms with Crippen molar-refractivity contribution in [2.24, 2.45) is 0 Å². The smallest absolute Gasteiger partial charge is 0.172 e. The van der Waals surface area contributed by atoms with Gasteiger partial charge in [-0.2, -0.15) is 9.61 Å². The molecule has 0 saturated carbocycles. The molecular formula is C24H22BrCl2N5. The van der Waals surface area contributed by atoms with E-state index in [4.69, 9.17) is 28.2 Å². The number of piperidine rings is 1. The summed E-state index contributed by atoms with van der Waals surface area (Å²) < 4.78 is 2.70. The minimum atomic E-state index is 0.352. The summed E-state index contributed by atoms with van der Waals surface area (Å²) in [5, 5.41) is 9.73. The third kappa shape index (κ3) is 4.50. The van der Waals surface area contributed by atoms with Crippen molar-refractivity contribution < 1.29 is 0 Å². The van der Waals surface area contributed by atoms with Crippen molar-refractivity contribution in [3.63, 3.8) is 0 Å². The summed E-state index contributed by atoms with van der Waals surface area (Å²) in [5.74, 6) is 0.917. The van der Waals surface area contributed by atoms with Crippen LogP contribution in [0, 0.1) is 0 Å². The summed E-state index contributed by atoms with van der Waals surface area (Å²) in [6.07, 6.45) is 3.85. The first-order valence-electron chi connectivity index (χ1n) is 10.6. The van der Waals surface area contributed by atoms with Crippen LogP contribution in [0.3, 0.4) is 0 Å². The lowest BCUT2D eigenvalue weighted by molar-refractivity contribution is 0.211. The molecule has 0 bridgehead atoms. The molecule has 2 aromatic carbocycles. The summed E-state index contributed by atoms with van der Waals surface area (Å²) in [6, 6.07) is 18.2. The molecule has 32 heavy (non-hydrogen) atoms. The fraction of sp³-hybridized carbons (Fsp3) is 0.250. The highest BCUT2D eigenvalue weighted by Crippen LogP contribution is 2.31. The quantitative estimate of drug-likeness (QED) is 0.318. The van der Waals surface area contributed by atoms with Gasteiger partial charge in [-0.15, -0.1) is 0 Å². The summed E-state index contributed by atoms with van der Waals surface area (Å²) in [6.45, 7) is 2.91. The van der Waals surface area contributed by atoms with E-state index >= 15 is 0 Å². The zero-order valence-electron chi connectivity index (χ0n) is 17.3. The van der Waals surface area contributed by atoms with E-state index in [9.17, 15) is 0 Å². The molecule has 1 aliphatic heterocycles. The topological polar surface area (TPSA) is 45.5 Å². The Morgan fingerprint density at radius 1 is 1.00 bits per heavy atom. The summed E-state index contributed by atoms with van der Waals surface area (Å²) in [5.41, 5.74) is 3.67. The van der Waals surface area contributed by atoms with Gasteiger partial charge in [0, 0.05) is 47.4 Å². The van der Waals surface area contributed by atoms with Gasteiger partial charge in [0.15, 0.2) is 5.65 Å². The Kier molecular flexibility index (Phi) is 6.37. The minimum absolute atomic E-state index is 0.352. The first-order chi connectivity index (χ1) is 15.6. The number of benzene rings is 2. The van der Waals surface area contributed by atoms with E-state index < -0.39 is 0 Å². The van der Waals surface area contributed by atoms with Gasteiger partial charge in [-0.25, -0.2) is 4.98 Å². The molecule has 2 aromatic heterocycles. The molecule has 0 aliphatic carbocycles. The highest BCUT2D eigenvalue weighted by molar-refractivity contribution is 9.10. The predicted molar refractivity (Wildman–Crippen MR) is 135 cm³/mol. The Balaban J connectivity index is 1.34. The molecule has 0 unspecified atom stereocenters. The highest BCUT2D eigenvalue weighted by Gasteiger charge is 2.22. The Bertz CT molecular complexity index is 1250. The molecule has 3 heterocycles. The van der Waals surface area contributed by atoms with Crippen LogP contribution in [-0.2, 0) is 6.54 Å². The fourth-order valence-electron chi connectivity index (χ4n) is 4.16. The molecule has 164 valence electrons. The van der Waals surface area contributed by atoms with Crippen LogP contribution in [0.15, 0.2) is 65.3 Å². The lowest BCUT2D eigenvalue weighted by Crippen LogP contribution is -2.39. The van der Waals surface area contributed by atoms with Crippen LogP contribution in [0.25, 0.3) is 16.9 Å². The predicted octanol–water partition coefficient (Wildman–Crippen LogP) is 6.54. The van der Waals surface area contributed by atoms with Crippen molar-refractivity contribution in [3.8, 4) is 11.3 Å². The maximum absolute atomic E-state index is 6.45. The number of fused-ring (bicyclic) bond motifs is 1. The Labute approximate surface area is 205 Å². The molecule has 4 aromatic rings. The van der Waals surface area contributed by atoms with Gasteiger partial charge < -0.3 is 5.32 Å². The number of halogens is 3. The molecule has 0 radical (unpaired) electrons. The van der Waals surface area contributed by atoms with Crippen LogP contribution in [0.4, 0.5) is 5.82 Å². The Morgan fingerprint density at radius 2 is 1.72 bits per heavy atom. The lowest BCUT2D eigenvalue weighted by atomic mass is 10.0. The van der Waals surface area contributed by atoms with Crippen molar-refractivity contribution in [1.29, 1.82) is 0 Å². The van der Waals surface area contributed by atoms with Gasteiger partial charge >= 0.3 is 0 Å². The molecule has 1 saturated heterocycles. The molecule has 8 heteroatoms. The maximum atomic E-state index is 6.45. The molecule has 5 rings (SSSR count). The molecule has 0 amide bonds. The molecular weight excluding hydrogens is 509 g/mol. The first kappa shape index (κ1) is 21.7.